The fraction of sp³-hybridized carbons (Fsp3) is 0.250. The highest BCUT2D eigenvalue weighted by atomic mass is 32.2. The van der Waals surface area contributed by atoms with Crippen LogP contribution in [-0.4, -0.2) is 0 Å². The Labute approximate surface area is 59.3 Å². The van der Waals surface area contributed by atoms with Gasteiger partial charge < -0.3 is 0 Å². The van der Waals surface area contributed by atoms with Gasteiger partial charge in [-0.2, -0.15) is 0 Å². The summed E-state index contributed by atoms with van der Waals surface area (Å²) in [6, 6.07) is 6.53. The SMILES string of the molecule is Cc1c2cccc1SC2. The Bertz CT molecular complexity index is 218. The van der Waals surface area contributed by atoms with E-state index < -0.39 is 0 Å². The first-order valence-electron chi connectivity index (χ1n) is 3.09. The Morgan fingerprint density at radius 2 is 2.33 bits per heavy atom. The van der Waals surface area contributed by atoms with E-state index in [0.29, 0.717) is 0 Å². The molecule has 1 heterocycles. The second kappa shape index (κ2) is 1.77. The monoisotopic (exact) mass is 136 g/mol. The van der Waals surface area contributed by atoms with Crippen LogP contribution in [0.25, 0.3) is 0 Å². The molecule has 0 unspecified atom stereocenters. The van der Waals surface area contributed by atoms with Crippen LogP contribution in [0.4, 0.5) is 0 Å². The van der Waals surface area contributed by atoms with Crippen molar-refractivity contribution in [3.05, 3.63) is 29.3 Å². The van der Waals surface area contributed by atoms with Gasteiger partial charge in [0.15, 0.2) is 0 Å². The van der Waals surface area contributed by atoms with Crippen molar-refractivity contribution in [3.8, 4) is 0 Å². The maximum atomic E-state index is 2.21. The Hall–Kier alpha value is -0.430. The minimum atomic E-state index is 1.19. The first-order valence-corrected chi connectivity index (χ1v) is 4.08. The molecule has 0 N–H and O–H groups in total. The van der Waals surface area contributed by atoms with Crippen molar-refractivity contribution < 1.29 is 0 Å². The average Bonchev–Trinajstić information content (AvgIpc) is 2.19. The molecule has 0 saturated carbocycles. The van der Waals surface area contributed by atoms with Crippen LogP contribution in [-0.2, 0) is 5.75 Å². The molecule has 0 fully saturated rings. The number of benzene rings is 1. The number of hydrogen-bond acceptors (Lipinski definition) is 1. The van der Waals surface area contributed by atoms with Gasteiger partial charge in [-0.3, -0.25) is 0 Å². The fourth-order valence-corrected chi connectivity index (χ4v) is 2.27. The van der Waals surface area contributed by atoms with Crippen LogP contribution >= 0.6 is 11.8 Å². The molecule has 0 saturated heterocycles. The highest BCUT2D eigenvalue weighted by Gasteiger charge is 2.10. The van der Waals surface area contributed by atoms with E-state index in [4.69, 9.17) is 0 Å². The molecule has 0 nitrogen and oxygen atoms in total. The Kier molecular flexibility index (Phi) is 1.06. The Morgan fingerprint density at radius 3 is 3.00 bits per heavy atom. The quantitative estimate of drug-likeness (QED) is 0.528. The van der Waals surface area contributed by atoms with Gasteiger partial charge in [0.05, 0.1) is 0 Å². The van der Waals surface area contributed by atoms with E-state index in [0.717, 1.165) is 0 Å². The van der Waals surface area contributed by atoms with Crippen molar-refractivity contribution in [1.29, 1.82) is 0 Å². The zero-order valence-corrected chi connectivity index (χ0v) is 6.16. The topological polar surface area (TPSA) is 0 Å². The summed E-state index contributed by atoms with van der Waals surface area (Å²) in [4.78, 5) is 1.47. The summed E-state index contributed by atoms with van der Waals surface area (Å²) in [5, 5.41) is 0. The second-order valence-electron chi connectivity index (χ2n) is 2.33. The molecule has 1 aliphatic heterocycles. The maximum Gasteiger partial charge on any atom is 0.0235 e. The molecule has 2 bridgehead atoms. The van der Waals surface area contributed by atoms with Crippen LogP contribution in [0.3, 0.4) is 0 Å². The second-order valence-corrected chi connectivity index (χ2v) is 3.35. The molecule has 1 aliphatic rings. The molecule has 0 radical (unpaired) electrons. The molecule has 0 amide bonds. The predicted octanol–water partition coefficient (Wildman–Crippen LogP) is 2.60. The van der Waals surface area contributed by atoms with Gasteiger partial charge in [0, 0.05) is 10.6 Å². The van der Waals surface area contributed by atoms with Gasteiger partial charge in [0.25, 0.3) is 0 Å². The van der Waals surface area contributed by atoms with Crippen LogP contribution in [0.2, 0.25) is 0 Å². The first-order chi connectivity index (χ1) is 4.38. The fourth-order valence-electron chi connectivity index (χ4n) is 1.13. The van der Waals surface area contributed by atoms with Crippen LogP contribution in [0.1, 0.15) is 11.1 Å². The lowest BCUT2D eigenvalue weighted by Gasteiger charge is -1.92. The third-order valence-corrected chi connectivity index (χ3v) is 2.99. The molecule has 0 atom stereocenters. The van der Waals surface area contributed by atoms with E-state index in [1.54, 1.807) is 0 Å². The third kappa shape index (κ3) is 0.681. The highest BCUT2D eigenvalue weighted by molar-refractivity contribution is 7.98. The smallest absolute Gasteiger partial charge is 0.0235 e. The van der Waals surface area contributed by atoms with E-state index in [1.807, 2.05) is 11.8 Å². The minimum absolute atomic E-state index is 1.19. The standard InChI is InChI=1S/C8H8S/c1-6-7-3-2-4-8(6)9-5-7/h2-4H,5H2,1H3. The summed E-state index contributed by atoms with van der Waals surface area (Å²) in [5.74, 6) is 1.19. The lowest BCUT2D eigenvalue weighted by Crippen LogP contribution is -1.75. The third-order valence-electron chi connectivity index (χ3n) is 1.78. The van der Waals surface area contributed by atoms with Crippen LogP contribution < -0.4 is 0 Å². The van der Waals surface area contributed by atoms with Gasteiger partial charge in [-0.15, -0.1) is 11.8 Å². The zero-order chi connectivity index (χ0) is 6.27. The van der Waals surface area contributed by atoms with E-state index in [1.165, 1.54) is 21.8 Å². The number of fused-ring (bicyclic) bond motifs is 2. The maximum absolute atomic E-state index is 2.21. The highest BCUT2D eigenvalue weighted by Crippen LogP contribution is 2.35. The van der Waals surface area contributed by atoms with E-state index in [-0.39, 0.29) is 0 Å². The van der Waals surface area contributed by atoms with Crippen LogP contribution in [0, 0.1) is 6.92 Å². The van der Waals surface area contributed by atoms with Gasteiger partial charge in [-0.1, -0.05) is 12.1 Å². The van der Waals surface area contributed by atoms with Gasteiger partial charge in [0.1, 0.15) is 0 Å². The Balaban J connectivity index is 2.71. The van der Waals surface area contributed by atoms with Gasteiger partial charge in [0.2, 0.25) is 0 Å². The van der Waals surface area contributed by atoms with Gasteiger partial charge in [-0.25, -0.2) is 0 Å². The predicted molar refractivity (Wildman–Crippen MR) is 40.7 cm³/mol. The first kappa shape index (κ1) is 5.36. The van der Waals surface area contributed by atoms with E-state index in [9.17, 15) is 0 Å². The molecular weight excluding hydrogens is 128 g/mol. The van der Waals surface area contributed by atoms with Gasteiger partial charge in [-0.05, 0) is 24.1 Å². The molecule has 9 heavy (non-hydrogen) atoms. The molecule has 46 valence electrons. The zero-order valence-electron chi connectivity index (χ0n) is 5.35. The lowest BCUT2D eigenvalue weighted by atomic mass is 10.1. The van der Waals surface area contributed by atoms with E-state index >= 15 is 0 Å². The Morgan fingerprint density at radius 1 is 1.44 bits per heavy atom. The van der Waals surface area contributed by atoms with Crippen molar-refractivity contribution in [2.24, 2.45) is 0 Å². The van der Waals surface area contributed by atoms with Crippen LogP contribution in [0.5, 0.6) is 0 Å². The summed E-state index contributed by atoms with van der Waals surface area (Å²) < 4.78 is 0. The van der Waals surface area contributed by atoms with Crippen molar-refractivity contribution >= 4 is 11.8 Å². The largest absolute Gasteiger partial charge is 0.121 e. The average molecular weight is 136 g/mol. The van der Waals surface area contributed by atoms with Gasteiger partial charge >= 0.3 is 0 Å². The van der Waals surface area contributed by atoms with Crippen LogP contribution in [0.15, 0.2) is 23.1 Å². The molecule has 0 aromatic heterocycles. The molecule has 1 heteroatoms. The van der Waals surface area contributed by atoms with Crippen molar-refractivity contribution in [1.82, 2.24) is 0 Å². The molecular formula is C8H8S. The molecule has 0 spiro atoms. The minimum Gasteiger partial charge on any atom is -0.121 e. The molecule has 1 aromatic carbocycles. The number of thioether (sulfide) groups is 1. The summed E-state index contributed by atoms with van der Waals surface area (Å²) in [6.45, 7) is 2.20. The van der Waals surface area contributed by atoms with Crippen molar-refractivity contribution in [2.75, 3.05) is 0 Å². The molecule has 2 rings (SSSR count). The van der Waals surface area contributed by atoms with Crippen molar-refractivity contribution in [2.45, 2.75) is 17.6 Å². The summed E-state index contributed by atoms with van der Waals surface area (Å²) in [5.41, 5.74) is 3.00. The molecule has 0 aliphatic carbocycles. The summed E-state index contributed by atoms with van der Waals surface area (Å²) in [7, 11) is 0. The molecule has 1 aromatic rings. The van der Waals surface area contributed by atoms with Crippen molar-refractivity contribution in [3.63, 3.8) is 0 Å². The summed E-state index contributed by atoms with van der Waals surface area (Å²) in [6.07, 6.45) is 0. The summed E-state index contributed by atoms with van der Waals surface area (Å²) >= 11 is 1.95. The lowest BCUT2D eigenvalue weighted by molar-refractivity contribution is 1.27. The number of hydrogen-bond donors (Lipinski definition) is 0. The van der Waals surface area contributed by atoms with E-state index in [2.05, 4.69) is 25.1 Å². The normalized spacial score (nSPS) is 14.3. The number of rotatable bonds is 0.